The first-order valence-electron chi connectivity index (χ1n) is 5.14. The lowest BCUT2D eigenvalue weighted by atomic mass is 10.2. The molecule has 0 saturated carbocycles. The molecule has 0 heterocycles. The highest BCUT2D eigenvalue weighted by Gasteiger charge is 2.17. The first kappa shape index (κ1) is 14.7. The summed E-state index contributed by atoms with van der Waals surface area (Å²) < 4.78 is 39.0. The third-order valence-electron chi connectivity index (χ3n) is 2.13. The number of rotatable bonds is 5. The molecule has 1 rings (SSSR count). The molecule has 4 nitrogen and oxygen atoms in total. The number of nitriles is 1. The van der Waals surface area contributed by atoms with Crippen LogP contribution < -0.4 is 4.72 Å². The van der Waals surface area contributed by atoms with Crippen molar-refractivity contribution in [3.63, 3.8) is 0 Å². The van der Waals surface area contributed by atoms with Gasteiger partial charge in [-0.2, -0.15) is 5.26 Å². The summed E-state index contributed by atoms with van der Waals surface area (Å²) in [4.78, 5) is 0. The Morgan fingerprint density at radius 3 is 2.72 bits per heavy atom. The van der Waals surface area contributed by atoms with Crippen molar-refractivity contribution in [1.82, 2.24) is 0 Å². The monoisotopic (exact) mass is 290 g/mol. The predicted octanol–water partition coefficient (Wildman–Crippen LogP) is 2.31. The lowest BCUT2D eigenvalue weighted by molar-refractivity contribution is 0.586. The van der Waals surface area contributed by atoms with Gasteiger partial charge < -0.3 is 0 Å². The fourth-order valence-corrected chi connectivity index (χ4v) is 2.99. The number of benzene rings is 1. The van der Waals surface area contributed by atoms with E-state index in [1.807, 2.05) is 0 Å². The van der Waals surface area contributed by atoms with Crippen LogP contribution in [0.5, 0.6) is 0 Å². The molecule has 0 aliphatic heterocycles. The molecule has 1 aromatic rings. The first-order valence-corrected chi connectivity index (χ1v) is 7.32. The van der Waals surface area contributed by atoms with Gasteiger partial charge in [0.1, 0.15) is 5.82 Å². The second kappa shape index (κ2) is 6.03. The van der Waals surface area contributed by atoms with Gasteiger partial charge in [-0.3, -0.25) is 4.72 Å². The van der Waals surface area contributed by atoms with Crippen molar-refractivity contribution in [2.45, 2.75) is 6.92 Å². The van der Waals surface area contributed by atoms with Crippen LogP contribution in [0.1, 0.15) is 12.5 Å². The number of hydrogen-bond donors (Lipinski definition) is 1. The zero-order valence-electron chi connectivity index (χ0n) is 9.65. The Balaban J connectivity index is 2.88. The van der Waals surface area contributed by atoms with E-state index < -0.39 is 15.8 Å². The maximum atomic E-state index is 13.5. The van der Waals surface area contributed by atoms with Gasteiger partial charge in [-0.15, -0.1) is 11.6 Å². The summed E-state index contributed by atoms with van der Waals surface area (Å²) in [7, 11) is -3.65. The zero-order valence-corrected chi connectivity index (χ0v) is 11.2. The summed E-state index contributed by atoms with van der Waals surface area (Å²) in [6.07, 6.45) is 0. The Morgan fingerprint density at radius 1 is 1.56 bits per heavy atom. The molecule has 0 aliphatic rings. The van der Waals surface area contributed by atoms with Crippen molar-refractivity contribution in [2.24, 2.45) is 5.92 Å². The molecular formula is C11H12ClFN2O2S. The number of nitrogens with one attached hydrogen (secondary N) is 1. The molecule has 7 heteroatoms. The van der Waals surface area contributed by atoms with Crippen LogP contribution in [0.4, 0.5) is 10.1 Å². The molecule has 1 atom stereocenters. The van der Waals surface area contributed by atoms with E-state index >= 15 is 0 Å². The molecule has 0 saturated heterocycles. The standard InChI is InChI=1S/C11H12ClFN2O2S/c1-8(5-12)7-18(16,17)15-11-3-2-9(6-14)4-10(11)13/h2-4,8,15H,5,7H2,1H3. The number of anilines is 1. The summed E-state index contributed by atoms with van der Waals surface area (Å²) in [5.74, 6) is -0.992. The quantitative estimate of drug-likeness (QED) is 0.846. The molecule has 1 unspecified atom stereocenters. The van der Waals surface area contributed by atoms with E-state index in [0.717, 1.165) is 6.07 Å². The van der Waals surface area contributed by atoms with E-state index in [0.29, 0.717) is 0 Å². The Morgan fingerprint density at radius 2 is 2.22 bits per heavy atom. The van der Waals surface area contributed by atoms with Crippen molar-refractivity contribution in [3.8, 4) is 6.07 Å². The molecule has 0 spiro atoms. The van der Waals surface area contributed by atoms with Crippen molar-refractivity contribution in [3.05, 3.63) is 29.6 Å². The fourth-order valence-electron chi connectivity index (χ4n) is 1.30. The Hall–Kier alpha value is -1.32. The van der Waals surface area contributed by atoms with Gasteiger partial charge in [0.05, 0.1) is 23.1 Å². The van der Waals surface area contributed by atoms with Crippen LogP contribution in [0.2, 0.25) is 0 Å². The van der Waals surface area contributed by atoms with Gasteiger partial charge in [0.15, 0.2) is 0 Å². The van der Waals surface area contributed by atoms with Gasteiger partial charge >= 0.3 is 0 Å². The van der Waals surface area contributed by atoms with E-state index in [9.17, 15) is 12.8 Å². The van der Waals surface area contributed by atoms with Gasteiger partial charge in [0.2, 0.25) is 10.0 Å². The summed E-state index contributed by atoms with van der Waals surface area (Å²) >= 11 is 5.53. The number of hydrogen-bond acceptors (Lipinski definition) is 3. The van der Waals surface area contributed by atoms with Crippen LogP contribution in [0.3, 0.4) is 0 Å². The van der Waals surface area contributed by atoms with Gasteiger partial charge in [-0.1, -0.05) is 6.92 Å². The minimum atomic E-state index is -3.65. The maximum Gasteiger partial charge on any atom is 0.233 e. The second-order valence-electron chi connectivity index (χ2n) is 3.95. The van der Waals surface area contributed by atoms with E-state index in [-0.39, 0.29) is 28.8 Å². The third-order valence-corrected chi connectivity index (χ3v) is 4.20. The van der Waals surface area contributed by atoms with Crippen molar-refractivity contribution >= 4 is 27.3 Å². The van der Waals surface area contributed by atoms with Crippen LogP contribution >= 0.6 is 11.6 Å². The second-order valence-corrected chi connectivity index (χ2v) is 6.02. The van der Waals surface area contributed by atoms with E-state index in [1.54, 1.807) is 13.0 Å². The molecule has 0 amide bonds. The predicted molar refractivity (Wildman–Crippen MR) is 68.4 cm³/mol. The maximum absolute atomic E-state index is 13.5. The van der Waals surface area contributed by atoms with Crippen LogP contribution in [-0.4, -0.2) is 20.1 Å². The normalized spacial score (nSPS) is 12.8. The topological polar surface area (TPSA) is 70.0 Å². The number of sulfonamides is 1. The summed E-state index contributed by atoms with van der Waals surface area (Å²) in [5.41, 5.74) is -0.0413. The zero-order chi connectivity index (χ0) is 13.8. The van der Waals surface area contributed by atoms with Crippen LogP contribution in [0.15, 0.2) is 18.2 Å². The highest BCUT2D eigenvalue weighted by atomic mass is 35.5. The van der Waals surface area contributed by atoms with Crippen molar-refractivity contribution < 1.29 is 12.8 Å². The van der Waals surface area contributed by atoms with Crippen LogP contribution in [0.25, 0.3) is 0 Å². The van der Waals surface area contributed by atoms with E-state index in [4.69, 9.17) is 16.9 Å². The minimum absolute atomic E-state index is 0.129. The Labute approximate surface area is 110 Å². The summed E-state index contributed by atoms with van der Waals surface area (Å²) in [5, 5.41) is 8.57. The fraction of sp³-hybridized carbons (Fsp3) is 0.364. The summed E-state index contributed by atoms with van der Waals surface area (Å²) in [6, 6.07) is 5.30. The number of halogens is 2. The smallest absolute Gasteiger partial charge is 0.233 e. The molecule has 1 N–H and O–H groups in total. The Kier molecular flexibility index (Phi) is 4.93. The van der Waals surface area contributed by atoms with Crippen LogP contribution in [0, 0.1) is 23.1 Å². The molecular weight excluding hydrogens is 279 g/mol. The van der Waals surface area contributed by atoms with Crippen molar-refractivity contribution in [1.29, 1.82) is 5.26 Å². The number of nitrogens with zero attached hydrogens (tertiary/aromatic N) is 1. The number of alkyl halides is 1. The first-order chi connectivity index (χ1) is 8.38. The third kappa shape index (κ3) is 4.17. The Bertz CT molecular complexity index is 569. The molecule has 0 bridgehead atoms. The van der Waals surface area contributed by atoms with Gasteiger partial charge in [-0.25, -0.2) is 12.8 Å². The van der Waals surface area contributed by atoms with Crippen molar-refractivity contribution in [2.75, 3.05) is 16.4 Å². The molecule has 18 heavy (non-hydrogen) atoms. The molecule has 0 aromatic heterocycles. The van der Waals surface area contributed by atoms with Gasteiger partial charge in [0.25, 0.3) is 0 Å². The molecule has 0 fully saturated rings. The highest BCUT2D eigenvalue weighted by Crippen LogP contribution is 2.17. The highest BCUT2D eigenvalue weighted by molar-refractivity contribution is 7.92. The minimum Gasteiger partial charge on any atom is -0.281 e. The molecule has 0 aliphatic carbocycles. The molecule has 98 valence electrons. The lowest BCUT2D eigenvalue weighted by Gasteiger charge is -2.11. The van der Waals surface area contributed by atoms with E-state index in [2.05, 4.69) is 4.72 Å². The SMILES string of the molecule is CC(CCl)CS(=O)(=O)Nc1ccc(C#N)cc1F. The largest absolute Gasteiger partial charge is 0.281 e. The van der Waals surface area contributed by atoms with E-state index in [1.165, 1.54) is 12.1 Å². The molecule has 0 radical (unpaired) electrons. The van der Waals surface area contributed by atoms with Gasteiger partial charge in [0, 0.05) is 5.88 Å². The van der Waals surface area contributed by atoms with Crippen LogP contribution in [-0.2, 0) is 10.0 Å². The summed E-state index contributed by atoms with van der Waals surface area (Å²) in [6.45, 7) is 1.68. The average molecular weight is 291 g/mol. The average Bonchev–Trinajstić information content (AvgIpc) is 2.30. The molecule has 1 aromatic carbocycles. The van der Waals surface area contributed by atoms with Gasteiger partial charge in [-0.05, 0) is 24.1 Å². The lowest BCUT2D eigenvalue weighted by Crippen LogP contribution is -2.22.